The van der Waals surface area contributed by atoms with Crippen LogP contribution in [0.2, 0.25) is 0 Å². The standard InChI is InChI=1S/C11H13NO/c1-7-3-4-8(2)9(5-7)10-6-11(13)12-10/h3-5,10H,6H2,1-2H3,(H,12,13). The summed E-state index contributed by atoms with van der Waals surface area (Å²) in [5.74, 6) is 0.158. The summed E-state index contributed by atoms with van der Waals surface area (Å²) < 4.78 is 0. The molecule has 1 fully saturated rings. The molecule has 1 amide bonds. The van der Waals surface area contributed by atoms with Crippen molar-refractivity contribution >= 4 is 5.91 Å². The molecule has 1 aromatic carbocycles. The second kappa shape index (κ2) is 2.87. The second-order valence-electron chi connectivity index (χ2n) is 3.68. The zero-order chi connectivity index (χ0) is 9.42. The van der Waals surface area contributed by atoms with Gasteiger partial charge in [0.1, 0.15) is 0 Å². The highest BCUT2D eigenvalue weighted by molar-refractivity contribution is 5.83. The van der Waals surface area contributed by atoms with Crippen LogP contribution in [-0.4, -0.2) is 5.91 Å². The topological polar surface area (TPSA) is 29.1 Å². The summed E-state index contributed by atoms with van der Waals surface area (Å²) in [6, 6.07) is 6.61. The van der Waals surface area contributed by atoms with Crippen molar-refractivity contribution in [3.63, 3.8) is 0 Å². The predicted octanol–water partition coefficient (Wildman–Crippen LogP) is 1.86. The lowest BCUT2D eigenvalue weighted by molar-refractivity contribution is -0.128. The average Bonchev–Trinajstić information content (AvgIpc) is 2.04. The Bertz CT molecular complexity index is 349. The summed E-state index contributed by atoms with van der Waals surface area (Å²) in [7, 11) is 0. The van der Waals surface area contributed by atoms with Gasteiger partial charge in [-0.2, -0.15) is 0 Å². The fourth-order valence-electron chi connectivity index (χ4n) is 1.68. The maximum atomic E-state index is 10.8. The number of hydrogen-bond donors (Lipinski definition) is 1. The van der Waals surface area contributed by atoms with Crippen LogP contribution in [-0.2, 0) is 4.79 Å². The number of hydrogen-bond acceptors (Lipinski definition) is 1. The molecular formula is C11H13NO. The lowest BCUT2D eigenvalue weighted by Gasteiger charge is -2.28. The lowest BCUT2D eigenvalue weighted by atomic mass is 9.92. The van der Waals surface area contributed by atoms with Gasteiger partial charge in [-0.1, -0.05) is 23.8 Å². The van der Waals surface area contributed by atoms with Crippen molar-refractivity contribution < 1.29 is 4.79 Å². The molecule has 0 bridgehead atoms. The van der Waals surface area contributed by atoms with Gasteiger partial charge in [-0.05, 0) is 25.0 Å². The number of benzene rings is 1. The first-order valence-corrected chi connectivity index (χ1v) is 4.53. The third-order valence-electron chi connectivity index (χ3n) is 2.53. The van der Waals surface area contributed by atoms with Gasteiger partial charge < -0.3 is 5.32 Å². The number of rotatable bonds is 1. The molecular weight excluding hydrogens is 162 g/mol. The molecule has 1 aromatic rings. The third-order valence-corrected chi connectivity index (χ3v) is 2.53. The van der Waals surface area contributed by atoms with E-state index in [9.17, 15) is 4.79 Å². The SMILES string of the molecule is Cc1ccc(C)c(C2CC(=O)N2)c1. The Morgan fingerprint density at radius 2 is 2.08 bits per heavy atom. The van der Waals surface area contributed by atoms with Crippen LogP contribution < -0.4 is 5.32 Å². The summed E-state index contributed by atoms with van der Waals surface area (Å²) in [6.07, 6.45) is 0.643. The van der Waals surface area contributed by atoms with E-state index in [1.165, 1.54) is 16.7 Å². The summed E-state index contributed by atoms with van der Waals surface area (Å²) in [4.78, 5) is 10.8. The van der Waals surface area contributed by atoms with Crippen LogP contribution in [0.1, 0.15) is 29.2 Å². The highest BCUT2D eigenvalue weighted by Crippen LogP contribution is 2.27. The molecule has 0 spiro atoms. The quantitative estimate of drug-likeness (QED) is 0.648. The molecule has 68 valence electrons. The van der Waals surface area contributed by atoms with Gasteiger partial charge >= 0.3 is 0 Å². The Kier molecular flexibility index (Phi) is 1.83. The van der Waals surface area contributed by atoms with Crippen LogP contribution in [0.25, 0.3) is 0 Å². The Balaban J connectivity index is 2.29. The monoisotopic (exact) mass is 175 g/mol. The maximum Gasteiger partial charge on any atom is 0.222 e. The minimum atomic E-state index is 0.158. The van der Waals surface area contributed by atoms with E-state index in [1.807, 2.05) is 0 Å². The molecule has 0 saturated carbocycles. The van der Waals surface area contributed by atoms with Crippen LogP contribution in [0, 0.1) is 13.8 Å². The largest absolute Gasteiger partial charge is 0.349 e. The maximum absolute atomic E-state index is 10.8. The van der Waals surface area contributed by atoms with Gasteiger partial charge in [0.2, 0.25) is 5.91 Å². The van der Waals surface area contributed by atoms with E-state index in [0.29, 0.717) is 6.42 Å². The molecule has 0 aliphatic carbocycles. The normalized spacial score (nSPS) is 20.8. The fourth-order valence-corrected chi connectivity index (χ4v) is 1.68. The molecule has 1 aliphatic heterocycles. The highest BCUT2D eigenvalue weighted by atomic mass is 16.2. The first kappa shape index (κ1) is 8.30. The van der Waals surface area contributed by atoms with Gasteiger partial charge in [-0.25, -0.2) is 0 Å². The van der Waals surface area contributed by atoms with E-state index in [0.717, 1.165) is 0 Å². The highest BCUT2D eigenvalue weighted by Gasteiger charge is 2.27. The van der Waals surface area contributed by atoms with Crippen molar-refractivity contribution in [2.75, 3.05) is 0 Å². The number of nitrogens with one attached hydrogen (secondary N) is 1. The van der Waals surface area contributed by atoms with Crippen LogP contribution in [0.5, 0.6) is 0 Å². The van der Waals surface area contributed by atoms with Crippen LogP contribution >= 0.6 is 0 Å². The number of β-lactam (4-membered cyclic amide) rings is 1. The number of amides is 1. The van der Waals surface area contributed by atoms with Gasteiger partial charge in [-0.3, -0.25) is 4.79 Å². The van der Waals surface area contributed by atoms with Gasteiger partial charge in [-0.15, -0.1) is 0 Å². The lowest BCUT2D eigenvalue weighted by Crippen LogP contribution is -2.41. The molecule has 2 heteroatoms. The summed E-state index contributed by atoms with van der Waals surface area (Å²) in [5, 5.41) is 2.89. The van der Waals surface area contributed by atoms with Gasteiger partial charge in [0.05, 0.1) is 12.5 Å². The zero-order valence-corrected chi connectivity index (χ0v) is 7.92. The molecule has 2 rings (SSSR count). The van der Waals surface area contributed by atoms with E-state index >= 15 is 0 Å². The van der Waals surface area contributed by atoms with E-state index < -0.39 is 0 Å². The average molecular weight is 175 g/mol. The van der Waals surface area contributed by atoms with Crippen molar-refractivity contribution in [1.82, 2.24) is 5.32 Å². The molecule has 1 unspecified atom stereocenters. The van der Waals surface area contributed by atoms with E-state index in [1.54, 1.807) is 0 Å². The Morgan fingerprint density at radius 3 is 2.69 bits per heavy atom. The van der Waals surface area contributed by atoms with Crippen LogP contribution in [0.4, 0.5) is 0 Å². The molecule has 0 aromatic heterocycles. The van der Waals surface area contributed by atoms with Gasteiger partial charge in [0.15, 0.2) is 0 Å². The molecule has 1 atom stereocenters. The Labute approximate surface area is 78.0 Å². The number of aryl methyl sites for hydroxylation is 2. The third kappa shape index (κ3) is 1.44. The van der Waals surface area contributed by atoms with Gasteiger partial charge in [0, 0.05) is 0 Å². The number of carbonyl (C=O) groups excluding carboxylic acids is 1. The van der Waals surface area contributed by atoms with Crippen molar-refractivity contribution in [3.8, 4) is 0 Å². The zero-order valence-electron chi connectivity index (χ0n) is 7.92. The van der Waals surface area contributed by atoms with Crippen LogP contribution in [0.15, 0.2) is 18.2 Å². The van der Waals surface area contributed by atoms with Crippen molar-refractivity contribution in [2.45, 2.75) is 26.3 Å². The number of carbonyl (C=O) groups is 1. The van der Waals surface area contributed by atoms with Crippen molar-refractivity contribution in [1.29, 1.82) is 0 Å². The Morgan fingerprint density at radius 1 is 1.38 bits per heavy atom. The van der Waals surface area contributed by atoms with E-state index in [2.05, 4.69) is 37.4 Å². The minimum Gasteiger partial charge on any atom is -0.349 e. The van der Waals surface area contributed by atoms with Crippen molar-refractivity contribution in [2.24, 2.45) is 0 Å². The summed E-state index contributed by atoms with van der Waals surface area (Å²) >= 11 is 0. The first-order chi connectivity index (χ1) is 6.16. The summed E-state index contributed by atoms with van der Waals surface area (Å²) in [6.45, 7) is 4.16. The fraction of sp³-hybridized carbons (Fsp3) is 0.364. The van der Waals surface area contributed by atoms with E-state index in [4.69, 9.17) is 0 Å². The molecule has 13 heavy (non-hydrogen) atoms. The molecule has 1 heterocycles. The molecule has 1 aliphatic rings. The molecule has 1 saturated heterocycles. The molecule has 1 N–H and O–H groups in total. The molecule has 0 radical (unpaired) electrons. The van der Waals surface area contributed by atoms with Crippen LogP contribution in [0.3, 0.4) is 0 Å². The van der Waals surface area contributed by atoms with Crippen molar-refractivity contribution in [3.05, 3.63) is 34.9 Å². The summed E-state index contributed by atoms with van der Waals surface area (Å²) in [5.41, 5.74) is 3.77. The second-order valence-corrected chi connectivity index (χ2v) is 3.68. The minimum absolute atomic E-state index is 0.158. The smallest absolute Gasteiger partial charge is 0.222 e. The molecule has 2 nitrogen and oxygen atoms in total. The predicted molar refractivity (Wildman–Crippen MR) is 51.4 cm³/mol. The van der Waals surface area contributed by atoms with Gasteiger partial charge in [0.25, 0.3) is 0 Å². The Hall–Kier alpha value is -1.31. The van der Waals surface area contributed by atoms with E-state index in [-0.39, 0.29) is 11.9 Å². The first-order valence-electron chi connectivity index (χ1n) is 4.53.